The normalized spacial score (nSPS) is 14.3. The highest BCUT2D eigenvalue weighted by Crippen LogP contribution is 2.37. The molecule has 1 fully saturated rings. The zero-order valence-corrected chi connectivity index (χ0v) is 17.1. The van der Waals surface area contributed by atoms with Gasteiger partial charge in [0.1, 0.15) is 6.61 Å². The van der Waals surface area contributed by atoms with Crippen LogP contribution in [0, 0.1) is 0 Å². The Balaban J connectivity index is 1.78. The molecular formula is C18H15BrN2O3S2. The molecule has 1 aliphatic heterocycles. The van der Waals surface area contributed by atoms with Gasteiger partial charge < -0.3 is 9.47 Å². The molecule has 0 aromatic heterocycles. The third-order valence-corrected chi connectivity index (χ3v) is 5.46. The minimum atomic E-state index is -0.120. The molecule has 0 N–H and O–H groups in total. The van der Waals surface area contributed by atoms with Crippen molar-refractivity contribution in [2.75, 3.05) is 12.9 Å². The molecule has 0 atom stereocenters. The standard InChI is InChI=1S/C18H15BrN2O3S2/c1-23-15-8-13(9-20-21-16(22)11-26-18(21)25)7-14(19)17(15)24-10-12-5-3-2-4-6-12/h2-9H,10-11H2,1H3/b20-9+. The molecule has 0 spiro atoms. The van der Waals surface area contributed by atoms with Crippen LogP contribution in [0.25, 0.3) is 0 Å². The van der Waals surface area contributed by atoms with Gasteiger partial charge in [0.15, 0.2) is 15.8 Å². The second-order valence-corrected chi connectivity index (χ2v) is 7.78. The van der Waals surface area contributed by atoms with Crippen molar-refractivity contribution in [3.05, 3.63) is 58.1 Å². The Labute approximate surface area is 169 Å². The van der Waals surface area contributed by atoms with Crippen molar-refractivity contribution in [3.8, 4) is 11.5 Å². The minimum Gasteiger partial charge on any atom is -0.493 e. The van der Waals surface area contributed by atoms with Gasteiger partial charge >= 0.3 is 0 Å². The van der Waals surface area contributed by atoms with E-state index in [9.17, 15) is 4.79 Å². The molecule has 26 heavy (non-hydrogen) atoms. The van der Waals surface area contributed by atoms with Crippen LogP contribution < -0.4 is 9.47 Å². The number of methoxy groups -OCH3 is 1. The topological polar surface area (TPSA) is 51.1 Å². The summed E-state index contributed by atoms with van der Waals surface area (Å²) in [6.07, 6.45) is 1.57. The average molecular weight is 451 g/mol. The fourth-order valence-corrected chi connectivity index (χ4v) is 3.81. The molecule has 134 valence electrons. The summed E-state index contributed by atoms with van der Waals surface area (Å²) in [5.41, 5.74) is 1.82. The summed E-state index contributed by atoms with van der Waals surface area (Å²) in [6.45, 7) is 0.428. The van der Waals surface area contributed by atoms with Crippen LogP contribution in [0.1, 0.15) is 11.1 Å². The quantitative estimate of drug-likeness (QED) is 0.486. The number of thioether (sulfide) groups is 1. The summed E-state index contributed by atoms with van der Waals surface area (Å²) in [5, 5.41) is 5.41. The third-order valence-electron chi connectivity index (χ3n) is 3.53. The zero-order valence-electron chi connectivity index (χ0n) is 13.8. The van der Waals surface area contributed by atoms with Crippen LogP contribution in [0.2, 0.25) is 0 Å². The summed E-state index contributed by atoms with van der Waals surface area (Å²) < 4.78 is 12.5. The van der Waals surface area contributed by atoms with Crippen LogP contribution in [0.15, 0.2) is 52.0 Å². The van der Waals surface area contributed by atoms with Gasteiger partial charge in [-0.3, -0.25) is 4.79 Å². The van der Waals surface area contributed by atoms with E-state index in [1.807, 2.05) is 36.4 Å². The highest BCUT2D eigenvalue weighted by Gasteiger charge is 2.26. The number of benzene rings is 2. The Morgan fingerprint density at radius 2 is 2.12 bits per heavy atom. The molecular weight excluding hydrogens is 436 g/mol. The lowest BCUT2D eigenvalue weighted by atomic mass is 10.2. The van der Waals surface area contributed by atoms with Crippen LogP contribution in [0.4, 0.5) is 0 Å². The van der Waals surface area contributed by atoms with Crippen molar-refractivity contribution in [1.82, 2.24) is 5.01 Å². The summed E-state index contributed by atoms with van der Waals surface area (Å²) in [5.74, 6) is 1.39. The number of hydrogen-bond acceptors (Lipinski definition) is 6. The van der Waals surface area contributed by atoms with Crippen LogP contribution in [-0.2, 0) is 11.4 Å². The van der Waals surface area contributed by atoms with E-state index >= 15 is 0 Å². The number of ether oxygens (including phenoxy) is 2. The van der Waals surface area contributed by atoms with E-state index in [1.165, 1.54) is 16.8 Å². The summed E-state index contributed by atoms with van der Waals surface area (Å²) in [4.78, 5) is 11.7. The Hall–Kier alpha value is -1.90. The maximum Gasteiger partial charge on any atom is 0.259 e. The van der Waals surface area contributed by atoms with Crippen LogP contribution >= 0.6 is 39.9 Å². The molecule has 2 aromatic carbocycles. The lowest BCUT2D eigenvalue weighted by Gasteiger charge is -2.14. The largest absolute Gasteiger partial charge is 0.493 e. The fourth-order valence-electron chi connectivity index (χ4n) is 2.27. The molecule has 0 bridgehead atoms. The molecule has 1 aliphatic rings. The van der Waals surface area contributed by atoms with Crippen molar-refractivity contribution < 1.29 is 14.3 Å². The predicted octanol–water partition coefficient (Wildman–Crippen LogP) is 4.23. The molecule has 5 nitrogen and oxygen atoms in total. The monoisotopic (exact) mass is 450 g/mol. The van der Waals surface area contributed by atoms with Gasteiger partial charge in [-0.1, -0.05) is 54.3 Å². The van der Waals surface area contributed by atoms with Gasteiger partial charge in [-0.15, -0.1) is 0 Å². The van der Waals surface area contributed by atoms with Crippen molar-refractivity contribution >= 4 is 56.4 Å². The van der Waals surface area contributed by atoms with E-state index in [-0.39, 0.29) is 5.91 Å². The number of carbonyl (C=O) groups is 1. The lowest BCUT2D eigenvalue weighted by Crippen LogP contribution is -2.22. The Kier molecular flexibility index (Phi) is 6.29. The molecule has 0 saturated carbocycles. The zero-order chi connectivity index (χ0) is 18.5. The number of rotatable bonds is 6. The van der Waals surface area contributed by atoms with Crippen molar-refractivity contribution in [2.45, 2.75) is 6.61 Å². The summed E-state index contributed by atoms with van der Waals surface area (Å²) in [6, 6.07) is 13.5. The first-order valence-electron chi connectivity index (χ1n) is 7.66. The molecule has 8 heteroatoms. The predicted molar refractivity (Wildman–Crippen MR) is 111 cm³/mol. The van der Waals surface area contributed by atoms with Crippen molar-refractivity contribution in [3.63, 3.8) is 0 Å². The Morgan fingerprint density at radius 1 is 1.35 bits per heavy atom. The molecule has 2 aromatic rings. The number of hydrogen-bond donors (Lipinski definition) is 0. The van der Waals surface area contributed by atoms with Crippen molar-refractivity contribution in [1.29, 1.82) is 0 Å². The van der Waals surface area contributed by atoms with E-state index in [1.54, 1.807) is 19.4 Å². The van der Waals surface area contributed by atoms with E-state index < -0.39 is 0 Å². The number of nitrogens with zero attached hydrogens (tertiary/aromatic N) is 2. The van der Waals surface area contributed by atoms with Gasteiger partial charge in [-0.05, 0) is 39.2 Å². The van der Waals surface area contributed by atoms with Gasteiger partial charge in [0.25, 0.3) is 5.91 Å². The molecule has 1 amide bonds. The first-order valence-corrected chi connectivity index (χ1v) is 9.85. The first kappa shape index (κ1) is 18.9. The Morgan fingerprint density at radius 3 is 2.77 bits per heavy atom. The SMILES string of the molecule is COc1cc(/C=N/N2C(=O)CSC2=S)cc(Br)c1OCc1ccccc1. The van der Waals surface area contributed by atoms with Crippen LogP contribution in [-0.4, -0.2) is 34.3 Å². The molecule has 0 unspecified atom stereocenters. The highest BCUT2D eigenvalue weighted by molar-refractivity contribution is 9.10. The van der Waals surface area contributed by atoms with E-state index in [2.05, 4.69) is 21.0 Å². The second kappa shape index (κ2) is 8.66. The third kappa shape index (κ3) is 4.44. The van der Waals surface area contributed by atoms with Crippen LogP contribution in [0.5, 0.6) is 11.5 Å². The average Bonchev–Trinajstić information content (AvgIpc) is 2.97. The molecule has 3 rings (SSSR count). The maximum absolute atomic E-state index is 11.7. The summed E-state index contributed by atoms with van der Waals surface area (Å²) >= 11 is 9.93. The summed E-state index contributed by atoms with van der Waals surface area (Å²) in [7, 11) is 1.58. The van der Waals surface area contributed by atoms with Gasteiger partial charge in [0.05, 0.1) is 23.5 Å². The van der Waals surface area contributed by atoms with Crippen molar-refractivity contribution in [2.24, 2.45) is 5.10 Å². The maximum atomic E-state index is 11.7. The number of hydrazone groups is 1. The molecule has 1 saturated heterocycles. The van der Waals surface area contributed by atoms with E-state index in [0.29, 0.717) is 28.2 Å². The number of amides is 1. The second-order valence-electron chi connectivity index (χ2n) is 5.31. The molecule has 1 heterocycles. The highest BCUT2D eigenvalue weighted by atomic mass is 79.9. The number of carbonyl (C=O) groups excluding carboxylic acids is 1. The number of thiocarbonyl (C=S) groups is 1. The smallest absolute Gasteiger partial charge is 0.259 e. The lowest BCUT2D eigenvalue weighted by molar-refractivity contribution is -0.123. The van der Waals surface area contributed by atoms with Gasteiger partial charge in [-0.25, -0.2) is 0 Å². The minimum absolute atomic E-state index is 0.120. The van der Waals surface area contributed by atoms with E-state index in [0.717, 1.165) is 15.6 Å². The molecule has 0 aliphatic carbocycles. The fraction of sp³-hybridized carbons (Fsp3) is 0.167. The Bertz CT molecular complexity index is 843. The first-order chi connectivity index (χ1) is 12.6. The van der Waals surface area contributed by atoms with Gasteiger partial charge in [0, 0.05) is 0 Å². The van der Waals surface area contributed by atoms with Gasteiger partial charge in [0.2, 0.25) is 0 Å². The van der Waals surface area contributed by atoms with Crippen LogP contribution in [0.3, 0.4) is 0 Å². The molecule has 0 radical (unpaired) electrons. The number of halogens is 1. The van der Waals surface area contributed by atoms with E-state index in [4.69, 9.17) is 21.7 Å². The van der Waals surface area contributed by atoms with Gasteiger partial charge in [-0.2, -0.15) is 10.1 Å².